The molecule has 5 heteroatoms. The minimum Gasteiger partial charge on any atom is -0.366 e. The summed E-state index contributed by atoms with van der Waals surface area (Å²) < 4.78 is 0. The van der Waals surface area contributed by atoms with E-state index in [0.29, 0.717) is 18.7 Å². The average Bonchev–Trinajstić information content (AvgIpc) is 2.78. The number of fused-ring (bicyclic) bond motifs is 1. The number of primary amides is 1. The highest BCUT2D eigenvalue weighted by atomic mass is 16.2. The van der Waals surface area contributed by atoms with Gasteiger partial charge in [-0.1, -0.05) is 48.0 Å². The fraction of sp³-hybridized carbons (Fsp3) is 0.320. The first-order valence-electron chi connectivity index (χ1n) is 10.5. The Balaban J connectivity index is 1.50. The molecule has 1 aromatic heterocycles. The van der Waals surface area contributed by atoms with E-state index >= 15 is 0 Å². The van der Waals surface area contributed by atoms with Crippen molar-refractivity contribution in [1.82, 2.24) is 9.88 Å². The van der Waals surface area contributed by atoms with Crippen molar-refractivity contribution in [2.75, 3.05) is 13.1 Å². The van der Waals surface area contributed by atoms with Crippen LogP contribution in [0, 0.1) is 6.92 Å². The van der Waals surface area contributed by atoms with Gasteiger partial charge >= 0.3 is 0 Å². The third-order valence-electron chi connectivity index (χ3n) is 6.16. The van der Waals surface area contributed by atoms with Crippen LogP contribution < -0.4 is 5.73 Å². The van der Waals surface area contributed by atoms with Gasteiger partial charge in [0.2, 0.25) is 5.91 Å². The lowest BCUT2D eigenvalue weighted by Crippen LogP contribution is -2.40. The number of rotatable bonds is 4. The van der Waals surface area contributed by atoms with Crippen molar-refractivity contribution >= 4 is 22.7 Å². The van der Waals surface area contributed by atoms with Crippen LogP contribution in [0.1, 0.15) is 58.8 Å². The zero-order valence-corrected chi connectivity index (χ0v) is 17.5. The summed E-state index contributed by atoms with van der Waals surface area (Å²) in [6.45, 7) is 5.33. The van der Waals surface area contributed by atoms with Crippen LogP contribution in [0.25, 0.3) is 10.9 Å². The van der Waals surface area contributed by atoms with Gasteiger partial charge < -0.3 is 10.6 Å². The Hall–Kier alpha value is -3.21. The van der Waals surface area contributed by atoms with Crippen molar-refractivity contribution in [1.29, 1.82) is 0 Å². The molecule has 0 aliphatic carbocycles. The highest BCUT2D eigenvalue weighted by molar-refractivity contribution is 5.97. The summed E-state index contributed by atoms with van der Waals surface area (Å²) >= 11 is 0. The predicted octanol–water partition coefficient (Wildman–Crippen LogP) is 4.15. The normalized spacial score (nSPS) is 15.9. The van der Waals surface area contributed by atoms with Gasteiger partial charge in [-0.25, -0.2) is 0 Å². The number of pyridine rings is 1. The first-order chi connectivity index (χ1) is 14.4. The third-order valence-corrected chi connectivity index (χ3v) is 6.16. The van der Waals surface area contributed by atoms with Gasteiger partial charge in [-0.05, 0) is 44.4 Å². The van der Waals surface area contributed by atoms with Gasteiger partial charge in [-0.3, -0.25) is 14.6 Å². The highest BCUT2D eigenvalue weighted by Gasteiger charge is 2.30. The van der Waals surface area contributed by atoms with Crippen LogP contribution >= 0.6 is 0 Å². The molecule has 0 spiro atoms. The smallest absolute Gasteiger partial charge is 0.250 e. The Bertz CT molecular complexity index is 1080. The summed E-state index contributed by atoms with van der Waals surface area (Å²) in [6.07, 6.45) is 1.55. The molecule has 154 valence electrons. The second-order valence-corrected chi connectivity index (χ2v) is 8.21. The van der Waals surface area contributed by atoms with Gasteiger partial charge in [0.15, 0.2) is 0 Å². The molecule has 2 amide bonds. The predicted molar refractivity (Wildman–Crippen MR) is 118 cm³/mol. The SMILES string of the molecule is Cc1ccc(C(C)C(=O)N2CCC(c3nc4ccccc4cc3C(N)=O)CC2)cc1. The minimum absolute atomic E-state index is 0.121. The first kappa shape index (κ1) is 20.1. The lowest BCUT2D eigenvalue weighted by Gasteiger charge is -2.34. The number of benzene rings is 2. The van der Waals surface area contributed by atoms with E-state index in [2.05, 4.69) is 0 Å². The van der Waals surface area contributed by atoms with Crippen molar-refractivity contribution in [2.45, 2.75) is 38.5 Å². The van der Waals surface area contributed by atoms with E-state index < -0.39 is 5.91 Å². The Morgan fingerprint density at radius 1 is 1.07 bits per heavy atom. The van der Waals surface area contributed by atoms with Crippen LogP contribution in [0.5, 0.6) is 0 Å². The molecular weight excluding hydrogens is 374 g/mol. The van der Waals surface area contributed by atoms with E-state index in [1.165, 1.54) is 5.56 Å². The fourth-order valence-electron chi connectivity index (χ4n) is 4.28. The number of aromatic nitrogens is 1. The maximum atomic E-state index is 13.0. The van der Waals surface area contributed by atoms with Gasteiger partial charge in [-0.2, -0.15) is 0 Å². The van der Waals surface area contributed by atoms with E-state index in [1.807, 2.05) is 73.3 Å². The molecule has 1 fully saturated rings. The molecule has 1 aliphatic rings. The first-order valence-corrected chi connectivity index (χ1v) is 10.5. The summed E-state index contributed by atoms with van der Waals surface area (Å²) in [6, 6.07) is 17.7. The molecule has 0 bridgehead atoms. The number of amides is 2. The lowest BCUT2D eigenvalue weighted by atomic mass is 9.88. The number of hydrogen-bond acceptors (Lipinski definition) is 3. The molecule has 1 unspecified atom stereocenters. The quantitative estimate of drug-likeness (QED) is 0.713. The topological polar surface area (TPSA) is 76.3 Å². The summed E-state index contributed by atoms with van der Waals surface area (Å²) in [4.78, 5) is 31.8. The summed E-state index contributed by atoms with van der Waals surface area (Å²) in [5.41, 5.74) is 10.0. The maximum absolute atomic E-state index is 13.0. The monoisotopic (exact) mass is 401 g/mol. The van der Waals surface area contributed by atoms with Gasteiger partial charge in [0.1, 0.15) is 0 Å². The van der Waals surface area contributed by atoms with Crippen molar-refractivity contribution in [2.24, 2.45) is 5.73 Å². The van der Waals surface area contributed by atoms with Gasteiger partial charge in [0, 0.05) is 24.4 Å². The summed E-state index contributed by atoms with van der Waals surface area (Å²) in [5.74, 6) is -0.341. The minimum atomic E-state index is -0.449. The molecule has 0 saturated carbocycles. The largest absolute Gasteiger partial charge is 0.366 e. The number of carbonyl (C=O) groups excluding carboxylic acids is 2. The molecule has 4 rings (SSSR count). The van der Waals surface area contributed by atoms with E-state index in [9.17, 15) is 9.59 Å². The fourth-order valence-corrected chi connectivity index (χ4v) is 4.28. The Morgan fingerprint density at radius 3 is 2.40 bits per heavy atom. The van der Waals surface area contributed by atoms with Gasteiger partial charge in [0.25, 0.3) is 5.91 Å². The third kappa shape index (κ3) is 3.92. The summed E-state index contributed by atoms with van der Waals surface area (Å²) in [5, 5.41) is 0.912. The Labute approximate surface area is 176 Å². The zero-order valence-electron chi connectivity index (χ0n) is 17.5. The molecule has 30 heavy (non-hydrogen) atoms. The molecule has 2 heterocycles. The number of carbonyl (C=O) groups is 2. The number of likely N-dealkylation sites (tertiary alicyclic amines) is 1. The second-order valence-electron chi connectivity index (χ2n) is 8.21. The molecule has 2 aromatic carbocycles. The number of para-hydroxylation sites is 1. The van der Waals surface area contributed by atoms with Gasteiger partial charge in [-0.15, -0.1) is 0 Å². The van der Waals surface area contributed by atoms with Crippen LogP contribution in [0.4, 0.5) is 0 Å². The van der Waals surface area contributed by atoms with E-state index in [1.54, 1.807) is 0 Å². The molecule has 1 saturated heterocycles. The molecule has 5 nitrogen and oxygen atoms in total. The summed E-state index contributed by atoms with van der Waals surface area (Å²) in [7, 11) is 0. The van der Waals surface area contributed by atoms with Crippen LogP contribution in [-0.4, -0.2) is 34.8 Å². The number of nitrogens with two attached hydrogens (primary N) is 1. The zero-order chi connectivity index (χ0) is 21.3. The molecule has 2 N–H and O–H groups in total. The van der Waals surface area contributed by atoms with Crippen LogP contribution in [0.2, 0.25) is 0 Å². The number of nitrogens with zero attached hydrogens (tertiary/aromatic N) is 2. The van der Waals surface area contributed by atoms with E-state index in [-0.39, 0.29) is 17.7 Å². The van der Waals surface area contributed by atoms with E-state index in [0.717, 1.165) is 35.0 Å². The van der Waals surface area contributed by atoms with E-state index in [4.69, 9.17) is 10.7 Å². The molecular formula is C25H27N3O2. The number of piperidine rings is 1. The van der Waals surface area contributed by atoms with Crippen molar-refractivity contribution < 1.29 is 9.59 Å². The molecule has 1 atom stereocenters. The number of aryl methyl sites for hydroxylation is 1. The molecule has 0 radical (unpaired) electrons. The van der Waals surface area contributed by atoms with Crippen molar-refractivity contribution in [3.05, 3.63) is 77.0 Å². The number of hydrogen-bond donors (Lipinski definition) is 1. The van der Waals surface area contributed by atoms with Crippen LogP contribution in [0.3, 0.4) is 0 Å². The Kier molecular flexibility index (Phi) is 5.53. The van der Waals surface area contributed by atoms with Crippen LogP contribution in [-0.2, 0) is 4.79 Å². The standard InChI is InChI=1S/C25H27N3O2/c1-16-7-9-18(10-8-16)17(2)25(30)28-13-11-19(12-14-28)23-21(24(26)29)15-20-5-3-4-6-22(20)27-23/h3-10,15,17,19H,11-14H2,1-2H3,(H2,26,29). The Morgan fingerprint density at radius 2 is 1.73 bits per heavy atom. The van der Waals surface area contributed by atoms with Crippen LogP contribution in [0.15, 0.2) is 54.6 Å². The van der Waals surface area contributed by atoms with Crippen molar-refractivity contribution in [3.8, 4) is 0 Å². The molecule has 3 aromatic rings. The van der Waals surface area contributed by atoms with Crippen molar-refractivity contribution in [3.63, 3.8) is 0 Å². The highest BCUT2D eigenvalue weighted by Crippen LogP contribution is 2.32. The molecule has 1 aliphatic heterocycles. The van der Waals surface area contributed by atoms with Gasteiger partial charge in [0.05, 0.1) is 22.7 Å². The lowest BCUT2D eigenvalue weighted by molar-refractivity contribution is -0.133. The maximum Gasteiger partial charge on any atom is 0.250 e. The second kappa shape index (κ2) is 8.27. The average molecular weight is 402 g/mol.